The molecule has 110 valence electrons. The van der Waals surface area contributed by atoms with Gasteiger partial charge in [-0.1, -0.05) is 19.1 Å². The Labute approximate surface area is 121 Å². The second-order valence-electron chi connectivity index (χ2n) is 4.58. The van der Waals surface area contributed by atoms with E-state index in [0.717, 1.165) is 12.8 Å². The van der Waals surface area contributed by atoms with Crippen LogP contribution in [0.1, 0.15) is 35.4 Å². The molecule has 0 spiro atoms. The average Bonchev–Trinajstić information content (AvgIpc) is 2.89. The van der Waals surface area contributed by atoms with Gasteiger partial charge in [-0.25, -0.2) is 4.98 Å². The number of aromatic amines is 1. The molecule has 0 aliphatic heterocycles. The third kappa shape index (κ3) is 4.13. The predicted molar refractivity (Wildman–Crippen MR) is 76.1 cm³/mol. The van der Waals surface area contributed by atoms with Gasteiger partial charge < -0.3 is 10.4 Å². The summed E-state index contributed by atoms with van der Waals surface area (Å²) in [5.41, 5.74) is 1.24. The number of hydrogen-bond acceptors (Lipinski definition) is 4. The highest BCUT2D eigenvalue weighted by Crippen LogP contribution is 2.11. The molecule has 3 N–H and O–H groups in total. The molecule has 0 saturated heterocycles. The van der Waals surface area contributed by atoms with E-state index in [-0.39, 0.29) is 12.2 Å². The van der Waals surface area contributed by atoms with E-state index in [9.17, 15) is 9.59 Å². The number of aliphatic carboxylic acids is 1. The molecule has 21 heavy (non-hydrogen) atoms. The molecular weight excluding hydrogens is 272 g/mol. The molecule has 0 saturated carbocycles. The number of carbonyl (C=O) groups is 2. The summed E-state index contributed by atoms with van der Waals surface area (Å²) in [7, 11) is 0. The number of nitrogens with zero attached hydrogens (tertiary/aromatic N) is 2. The number of H-pyrrole nitrogens is 1. The van der Waals surface area contributed by atoms with Crippen molar-refractivity contribution in [2.45, 2.75) is 26.2 Å². The van der Waals surface area contributed by atoms with Crippen molar-refractivity contribution < 1.29 is 14.7 Å². The van der Waals surface area contributed by atoms with E-state index in [1.807, 2.05) is 6.92 Å². The van der Waals surface area contributed by atoms with Crippen molar-refractivity contribution >= 4 is 17.6 Å². The normalized spacial score (nSPS) is 10.3. The zero-order chi connectivity index (χ0) is 15.2. The lowest BCUT2D eigenvalue weighted by molar-refractivity contribution is -0.136. The molecule has 0 aliphatic rings. The Bertz CT molecular complexity index is 634. The molecule has 0 radical (unpaired) electrons. The summed E-state index contributed by atoms with van der Waals surface area (Å²) in [4.78, 5) is 26.6. The lowest BCUT2D eigenvalue weighted by atomic mass is 10.1. The molecule has 1 aromatic heterocycles. The summed E-state index contributed by atoms with van der Waals surface area (Å²) < 4.78 is 0. The van der Waals surface area contributed by atoms with Gasteiger partial charge in [-0.3, -0.25) is 14.7 Å². The molecule has 1 aromatic carbocycles. The lowest BCUT2D eigenvalue weighted by Crippen LogP contribution is -2.14. The Morgan fingerprint density at radius 3 is 2.62 bits per heavy atom. The average molecular weight is 288 g/mol. The number of carbonyl (C=O) groups excluding carboxylic acids is 1. The molecule has 1 amide bonds. The van der Waals surface area contributed by atoms with Gasteiger partial charge in [0.2, 0.25) is 5.82 Å². The monoisotopic (exact) mass is 288 g/mol. The summed E-state index contributed by atoms with van der Waals surface area (Å²) in [6, 6.07) is 6.61. The van der Waals surface area contributed by atoms with Crippen molar-refractivity contribution in [3.8, 4) is 0 Å². The minimum atomic E-state index is -0.893. The van der Waals surface area contributed by atoms with E-state index >= 15 is 0 Å². The van der Waals surface area contributed by atoms with Crippen LogP contribution < -0.4 is 5.32 Å². The van der Waals surface area contributed by atoms with Crippen LogP contribution in [0.3, 0.4) is 0 Å². The van der Waals surface area contributed by atoms with Crippen molar-refractivity contribution in [3.63, 3.8) is 0 Å². The van der Waals surface area contributed by atoms with Crippen molar-refractivity contribution in [2.75, 3.05) is 5.32 Å². The SMILES string of the molecule is CCCc1nc(C(=O)Nc2ccc(CC(=O)O)cc2)n[nH]1. The molecule has 0 unspecified atom stereocenters. The standard InChI is InChI=1S/C14H16N4O3/c1-2-3-11-16-13(18-17-11)14(21)15-10-6-4-9(5-7-10)8-12(19)20/h4-7H,2-3,8H2,1H3,(H,15,21)(H,19,20)(H,16,17,18). The fraction of sp³-hybridized carbons (Fsp3) is 0.286. The van der Waals surface area contributed by atoms with Crippen molar-refractivity contribution in [2.24, 2.45) is 0 Å². The molecule has 7 nitrogen and oxygen atoms in total. The van der Waals surface area contributed by atoms with E-state index in [1.165, 1.54) is 0 Å². The van der Waals surface area contributed by atoms with Crippen LogP contribution in [0.2, 0.25) is 0 Å². The predicted octanol–water partition coefficient (Wildman–Crippen LogP) is 1.64. The third-order valence-electron chi connectivity index (χ3n) is 2.79. The Hall–Kier alpha value is -2.70. The van der Waals surface area contributed by atoms with Crippen molar-refractivity contribution in [3.05, 3.63) is 41.5 Å². The van der Waals surface area contributed by atoms with Gasteiger partial charge in [0.05, 0.1) is 6.42 Å². The summed E-state index contributed by atoms with van der Waals surface area (Å²) in [5.74, 6) is -0.525. The van der Waals surface area contributed by atoms with Crippen LogP contribution in [0.15, 0.2) is 24.3 Å². The number of benzene rings is 1. The van der Waals surface area contributed by atoms with E-state index in [0.29, 0.717) is 17.1 Å². The highest BCUT2D eigenvalue weighted by molar-refractivity contribution is 6.01. The number of carboxylic acid groups (broad SMARTS) is 1. The van der Waals surface area contributed by atoms with Gasteiger partial charge in [-0.15, -0.1) is 5.10 Å². The smallest absolute Gasteiger partial charge is 0.307 e. The zero-order valence-electron chi connectivity index (χ0n) is 11.6. The van der Waals surface area contributed by atoms with Gasteiger partial charge in [0.1, 0.15) is 5.82 Å². The zero-order valence-corrected chi connectivity index (χ0v) is 11.6. The Balaban J connectivity index is 1.99. The van der Waals surface area contributed by atoms with Crippen molar-refractivity contribution in [1.82, 2.24) is 15.2 Å². The van der Waals surface area contributed by atoms with Gasteiger partial charge in [0.15, 0.2) is 0 Å². The quantitative estimate of drug-likeness (QED) is 0.748. The van der Waals surface area contributed by atoms with Crippen LogP contribution in [0.5, 0.6) is 0 Å². The molecule has 0 atom stereocenters. The van der Waals surface area contributed by atoms with Gasteiger partial charge in [0.25, 0.3) is 5.91 Å². The number of aryl methyl sites for hydroxylation is 1. The fourth-order valence-corrected chi connectivity index (χ4v) is 1.81. The van der Waals surface area contributed by atoms with Crippen LogP contribution in [-0.4, -0.2) is 32.2 Å². The minimum absolute atomic E-state index is 0.0461. The Kier molecular flexibility index (Phi) is 4.65. The topological polar surface area (TPSA) is 108 Å². The number of nitrogens with one attached hydrogen (secondary N) is 2. The maximum atomic E-state index is 11.9. The molecule has 7 heteroatoms. The van der Waals surface area contributed by atoms with E-state index in [4.69, 9.17) is 5.11 Å². The highest BCUT2D eigenvalue weighted by Gasteiger charge is 2.12. The summed E-state index contributed by atoms with van der Waals surface area (Å²) in [6.07, 6.45) is 1.61. The molecular formula is C14H16N4O3. The van der Waals surface area contributed by atoms with Crippen molar-refractivity contribution in [1.29, 1.82) is 0 Å². The summed E-state index contributed by atoms with van der Waals surface area (Å²) in [5, 5.41) is 17.9. The van der Waals surface area contributed by atoms with Crippen LogP contribution in [0.4, 0.5) is 5.69 Å². The maximum Gasteiger partial charge on any atom is 0.307 e. The first-order valence-electron chi connectivity index (χ1n) is 6.62. The molecule has 0 bridgehead atoms. The first kappa shape index (κ1) is 14.7. The van der Waals surface area contributed by atoms with Gasteiger partial charge in [0, 0.05) is 12.1 Å². The van der Waals surface area contributed by atoms with E-state index in [2.05, 4.69) is 20.5 Å². The number of aromatic nitrogens is 3. The van der Waals surface area contributed by atoms with Gasteiger partial charge >= 0.3 is 5.97 Å². The van der Waals surface area contributed by atoms with Crippen LogP contribution in [-0.2, 0) is 17.6 Å². The largest absolute Gasteiger partial charge is 0.481 e. The maximum absolute atomic E-state index is 11.9. The first-order valence-corrected chi connectivity index (χ1v) is 6.62. The second-order valence-corrected chi connectivity index (χ2v) is 4.58. The number of rotatable bonds is 6. The fourth-order valence-electron chi connectivity index (χ4n) is 1.81. The minimum Gasteiger partial charge on any atom is -0.481 e. The number of amides is 1. The third-order valence-corrected chi connectivity index (χ3v) is 2.79. The second kappa shape index (κ2) is 6.65. The Morgan fingerprint density at radius 1 is 1.29 bits per heavy atom. The molecule has 0 aliphatic carbocycles. The molecule has 2 rings (SSSR count). The number of hydrogen-bond donors (Lipinski definition) is 3. The first-order chi connectivity index (χ1) is 10.1. The molecule has 2 aromatic rings. The number of anilines is 1. The van der Waals surface area contributed by atoms with Gasteiger partial charge in [-0.05, 0) is 24.1 Å². The lowest BCUT2D eigenvalue weighted by Gasteiger charge is -2.03. The molecule has 1 heterocycles. The van der Waals surface area contributed by atoms with Crippen LogP contribution in [0, 0.1) is 0 Å². The van der Waals surface area contributed by atoms with Crippen LogP contribution >= 0.6 is 0 Å². The summed E-state index contributed by atoms with van der Waals surface area (Å²) >= 11 is 0. The van der Waals surface area contributed by atoms with Crippen LogP contribution in [0.25, 0.3) is 0 Å². The summed E-state index contributed by atoms with van der Waals surface area (Å²) in [6.45, 7) is 2.01. The Morgan fingerprint density at radius 2 is 2.00 bits per heavy atom. The number of carboxylic acids is 1. The molecule has 0 fully saturated rings. The van der Waals surface area contributed by atoms with E-state index < -0.39 is 11.9 Å². The van der Waals surface area contributed by atoms with E-state index in [1.54, 1.807) is 24.3 Å². The highest BCUT2D eigenvalue weighted by atomic mass is 16.4. The van der Waals surface area contributed by atoms with Gasteiger partial charge in [-0.2, -0.15) is 0 Å².